The Bertz CT molecular complexity index is 1260. The van der Waals surface area contributed by atoms with E-state index in [1.54, 1.807) is 0 Å². The minimum atomic E-state index is -0.886. The molecule has 0 fully saturated rings. The number of unbranched alkanes of at least 4 members (excludes halogenated alkanes) is 19. The lowest BCUT2D eigenvalue weighted by Crippen LogP contribution is -2.50. The molecule has 2 atom stereocenters. The zero-order valence-corrected chi connectivity index (χ0v) is 41.3. The van der Waals surface area contributed by atoms with Crippen molar-refractivity contribution in [3.8, 4) is 0 Å². The largest absolute Gasteiger partial charge is 0.477 e. The number of carbonyl (C=O) groups excluding carboxylic acids is 2. The number of carbonyl (C=O) groups is 3. The van der Waals surface area contributed by atoms with Crippen LogP contribution >= 0.6 is 0 Å². The smallest absolute Gasteiger partial charge is 0.362 e. The SMILES string of the molecule is CC/C=C/C/C=C/C/C=C/C/C=C/C/C=C/CCC(=O)OCC(COCCC(C(=O)O)[N+](C)(C)C)OC(=O)CCCCCCCCC/C=C/CCCCCCCCCCCCCC. The highest BCUT2D eigenvalue weighted by Crippen LogP contribution is 2.15. The molecule has 0 aliphatic carbocycles. The van der Waals surface area contributed by atoms with Crippen LogP contribution in [0.15, 0.2) is 72.9 Å². The topological polar surface area (TPSA) is 99.1 Å². The summed E-state index contributed by atoms with van der Waals surface area (Å²) in [5.74, 6) is -1.58. The van der Waals surface area contributed by atoms with Crippen molar-refractivity contribution >= 4 is 17.9 Å². The summed E-state index contributed by atoms with van der Waals surface area (Å²) < 4.78 is 17.2. The molecule has 0 aromatic carbocycles. The maximum atomic E-state index is 12.8. The molecule has 0 radical (unpaired) electrons. The number of rotatable bonds is 45. The summed E-state index contributed by atoms with van der Waals surface area (Å²) in [4.78, 5) is 37.1. The van der Waals surface area contributed by atoms with Crippen LogP contribution in [0.5, 0.6) is 0 Å². The second-order valence-corrected chi connectivity index (χ2v) is 18.0. The van der Waals surface area contributed by atoms with Gasteiger partial charge in [0.05, 0.1) is 34.4 Å². The zero-order valence-electron chi connectivity index (χ0n) is 41.3. The molecule has 0 aromatic heterocycles. The first-order valence-electron chi connectivity index (χ1n) is 25.5. The lowest BCUT2D eigenvalue weighted by Gasteiger charge is -2.31. The molecule has 0 saturated carbocycles. The monoisotopic (exact) mass is 883 g/mol. The van der Waals surface area contributed by atoms with E-state index < -0.39 is 18.1 Å². The van der Waals surface area contributed by atoms with Crippen molar-refractivity contribution in [2.45, 2.75) is 219 Å². The molecule has 0 bridgehead atoms. The fourth-order valence-corrected chi connectivity index (χ4v) is 7.19. The highest BCUT2D eigenvalue weighted by molar-refractivity contribution is 5.72. The van der Waals surface area contributed by atoms with Gasteiger partial charge in [-0.05, 0) is 70.6 Å². The van der Waals surface area contributed by atoms with E-state index in [0.29, 0.717) is 19.3 Å². The second kappa shape index (κ2) is 45.3. The number of nitrogens with zero attached hydrogens (tertiary/aromatic N) is 1. The van der Waals surface area contributed by atoms with Crippen LogP contribution in [0.1, 0.15) is 206 Å². The summed E-state index contributed by atoms with van der Waals surface area (Å²) >= 11 is 0. The molecule has 0 aromatic rings. The number of carboxylic acids is 1. The van der Waals surface area contributed by atoms with Crippen LogP contribution < -0.4 is 0 Å². The summed E-state index contributed by atoms with van der Waals surface area (Å²) in [5, 5.41) is 9.65. The average molecular weight is 883 g/mol. The fourth-order valence-electron chi connectivity index (χ4n) is 7.19. The zero-order chi connectivity index (χ0) is 46.3. The summed E-state index contributed by atoms with van der Waals surface area (Å²) in [6, 6.07) is -0.629. The molecule has 63 heavy (non-hydrogen) atoms. The molecule has 2 unspecified atom stereocenters. The van der Waals surface area contributed by atoms with Crippen LogP contribution in [0, 0.1) is 0 Å². The van der Waals surface area contributed by atoms with Crippen LogP contribution in [-0.2, 0) is 28.6 Å². The second-order valence-electron chi connectivity index (χ2n) is 18.0. The Balaban J connectivity index is 4.32. The first-order chi connectivity index (χ1) is 30.6. The number of hydrogen-bond acceptors (Lipinski definition) is 6. The molecule has 0 amide bonds. The third-order valence-corrected chi connectivity index (χ3v) is 11.1. The molecule has 8 nitrogen and oxygen atoms in total. The number of aliphatic carboxylic acids is 1. The van der Waals surface area contributed by atoms with Gasteiger partial charge in [-0.2, -0.15) is 0 Å². The predicted molar refractivity (Wildman–Crippen MR) is 266 cm³/mol. The maximum Gasteiger partial charge on any atom is 0.362 e. The third-order valence-electron chi connectivity index (χ3n) is 11.1. The van der Waals surface area contributed by atoms with Crippen LogP contribution in [0.4, 0.5) is 0 Å². The number of esters is 2. The van der Waals surface area contributed by atoms with Crippen molar-refractivity contribution in [2.24, 2.45) is 0 Å². The summed E-state index contributed by atoms with van der Waals surface area (Å²) in [6.07, 6.45) is 58.3. The Labute approximate surface area is 387 Å². The molecule has 0 spiro atoms. The van der Waals surface area contributed by atoms with E-state index in [9.17, 15) is 19.5 Å². The molecule has 0 aliphatic rings. The standard InChI is InChI=1S/C55H95NO7/c1-6-8-10-12-14-16-18-20-22-24-25-26-27-28-29-30-32-34-36-38-40-42-44-46-54(58)63-51(49-61-48-47-52(55(59)60)56(3,4)5)50-62-53(57)45-43-41-39-37-35-33-31-23-21-19-17-15-13-11-9-7-2/h9,11,15,17,21,23,28-29,33,35,39,41,51-52H,6-8,10,12-14,16,18-20,22,24-27,30-32,34,36-38,40,42-50H2,1-5H3/p+1/b11-9+,17-15+,23-21+,29-28+,35-33+,41-39+. The van der Waals surface area contributed by atoms with Gasteiger partial charge in [0.25, 0.3) is 0 Å². The van der Waals surface area contributed by atoms with Gasteiger partial charge in [-0.15, -0.1) is 0 Å². The van der Waals surface area contributed by atoms with Crippen molar-refractivity contribution in [3.63, 3.8) is 0 Å². The Morgan fingerprint density at radius 1 is 0.492 bits per heavy atom. The van der Waals surface area contributed by atoms with Crippen LogP contribution in [0.3, 0.4) is 0 Å². The molecular weight excluding hydrogens is 787 g/mol. The van der Waals surface area contributed by atoms with E-state index in [2.05, 4.69) is 74.6 Å². The van der Waals surface area contributed by atoms with E-state index in [-0.39, 0.29) is 42.7 Å². The summed E-state index contributed by atoms with van der Waals surface area (Å²) in [7, 11) is 5.51. The molecular formula is C55H96NO7+. The van der Waals surface area contributed by atoms with Crippen LogP contribution in [0.2, 0.25) is 0 Å². The van der Waals surface area contributed by atoms with E-state index in [0.717, 1.165) is 51.4 Å². The first kappa shape index (κ1) is 59.8. The fraction of sp³-hybridized carbons (Fsp3) is 0.727. The highest BCUT2D eigenvalue weighted by atomic mass is 16.6. The van der Waals surface area contributed by atoms with Crippen molar-refractivity contribution < 1.29 is 38.2 Å². The third kappa shape index (κ3) is 43.8. The van der Waals surface area contributed by atoms with Crippen molar-refractivity contribution in [2.75, 3.05) is 41.0 Å². The number of hydrogen-bond donors (Lipinski definition) is 1. The molecule has 0 heterocycles. The minimum absolute atomic E-state index is 0.0336. The van der Waals surface area contributed by atoms with Gasteiger partial charge in [0.2, 0.25) is 0 Å². The number of ether oxygens (including phenoxy) is 3. The molecule has 8 heteroatoms. The summed E-state index contributed by atoms with van der Waals surface area (Å²) in [5.41, 5.74) is 0. The Hall–Kier alpha value is -3.23. The van der Waals surface area contributed by atoms with Gasteiger partial charge in [0, 0.05) is 19.3 Å². The highest BCUT2D eigenvalue weighted by Gasteiger charge is 2.31. The van der Waals surface area contributed by atoms with Gasteiger partial charge in [-0.25, -0.2) is 4.79 Å². The van der Waals surface area contributed by atoms with Crippen LogP contribution in [-0.4, -0.2) is 80.6 Å². The quantitative estimate of drug-likeness (QED) is 0.0281. The number of quaternary nitrogens is 1. The van der Waals surface area contributed by atoms with E-state index in [4.69, 9.17) is 14.2 Å². The summed E-state index contributed by atoms with van der Waals surface area (Å²) in [6.45, 7) is 4.55. The Kier molecular flexibility index (Phi) is 43.0. The maximum absolute atomic E-state index is 12.8. The van der Waals surface area contributed by atoms with E-state index >= 15 is 0 Å². The average Bonchev–Trinajstić information content (AvgIpc) is 3.24. The van der Waals surface area contributed by atoms with Gasteiger partial charge in [0.15, 0.2) is 12.1 Å². The normalized spacial score (nSPS) is 13.5. The molecule has 0 rings (SSSR count). The molecule has 362 valence electrons. The predicted octanol–water partition coefficient (Wildman–Crippen LogP) is 14.7. The van der Waals surface area contributed by atoms with E-state index in [1.165, 1.54) is 116 Å². The molecule has 0 aliphatic heterocycles. The Morgan fingerprint density at radius 2 is 0.921 bits per heavy atom. The van der Waals surface area contributed by atoms with Gasteiger partial charge < -0.3 is 23.8 Å². The Morgan fingerprint density at radius 3 is 1.38 bits per heavy atom. The molecule has 1 N–H and O–H groups in total. The van der Waals surface area contributed by atoms with Gasteiger partial charge in [-0.1, -0.05) is 189 Å². The van der Waals surface area contributed by atoms with Gasteiger partial charge in [-0.3, -0.25) is 9.59 Å². The first-order valence-corrected chi connectivity index (χ1v) is 25.5. The molecule has 0 saturated heterocycles. The van der Waals surface area contributed by atoms with Gasteiger partial charge >= 0.3 is 17.9 Å². The number of allylic oxidation sites excluding steroid dienone is 12. The number of carboxylic acid groups (broad SMARTS) is 1. The lowest BCUT2D eigenvalue weighted by atomic mass is 10.0. The lowest BCUT2D eigenvalue weighted by molar-refractivity contribution is -0.887. The van der Waals surface area contributed by atoms with Crippen molar-refractivity contribution in [1.82, 2.24) is 0 Å². The van der Waals surface area contributed by atoms with Gasteiger partial charge in [0.1, 0.15) is 6.61 Å². The van der Waals surface area contributed by atoms with Crippen LogP contribution in [0.25, 0.3) is 0 Å². The van der Waals surface area contributed by atoms with Crippen molar-refractivity contribution in [3.05, 3.63) is 72.9 Å². The van der Waals surface area contributed by atoms with Crippen molar-refractivity contribution in [1.29, 1.82) is 0 Å². The minimum Gasteiger partial charge on any atom is -0.477 e. The van der Waals surface area contributed by atoms with E-state index in [1.807, 2.05) is 33.3 Å². The number of likely N-dealkylation sites (N-methyl/N-ethyl adjacent to an activating group) is 1.